The summed E-state index contributed by atoms with van der Waals surface area (Å²) in [4.78, 5) is 0. The zero-order chi connectivity index (χ0) is 10.9. The summed E-state index contributed by atoms with van der Waals surface area (Å²) in [6.07, 6.45) is 2.77. The van der Waals surface area contributed by atoms with E-state index in [4.69, 9.17) is 16.3 Å². The predicted molar refractivity (Wildman–Crippen MR) is 59.7 cm³/mol. The smallest absolute Gasteiger partial charge is 0.152 e. The Morgan fingerprint density at radius 1 is 1.14 bits per heavy atom. The summed E-state index contributed by atoms with van der Waals surface area (Å²) in [5.41, 5.74) is 0. The van der Waals surface area contributed by atoms with Crippen molar-refractivity contribution in [3.05, 3.63) is 0 Å². The fraction of sp³-hybridized carbons (Fsp3) is 1.00. The third kappa shape index (κ3) is 8.78. The number of rotatable bonds is 9. The number of ether oxygens (including phenoxy) is 1. The normalized spacial score (nSPS) is 11.9. The van der Waals surface area contributed by atoms with Gasteiger partial charge in [0.1, 0.15) is 0 Å². The van der Waals surface area contributed by atoms with Crippen LogP contribution in [-0.2, 0) is 14.6 Å². The zero-order valence-corrected chi connectivity index (χ0v) is 10.2. The van der Waals surface area contributed by atoms with Crippen LogP contribution in [0.1, 0.15) is 26.2 Å². The van der Waals surface area contributed by atoms with E-state index >= 15 is 0 Å². The molecule has 0 aromatic heterocycles. The molecule has 0 spiro atoms. The van der Waals surface area contributed by atoms with Crippen LogP contribution >= 0.6 is 11.6 Å². The van der Waals surface area contributed by atoms with E-state index in [-0.39, 0.29) is 18.1 Å². The van der Waals surface area contributed by atoms with Crippen molar-refractivity contribution < 1.29 is 13.2 Å². The highest BCUT2D eigenvalue weighted by atomic mass is 35.5. The second-order valence-corrected chi connectivity index (χ2v) is 5.84. The fourth-order valence-electron chi connectivity index (χ4n) is 1.02. The second kappa shape index (κ2) is 8.50. The molecule has 0 N–H and O–H groups in total. The van der Waals surface area contributed by atoms with E-state index in [0.29, 0.717) is 12.5 Å². The van der Waals surface area contributed by atoms with Crippen LogP contribution in [0.25, 0.3) is 0 Å². The Hall–Kier alpha value is 0.200. The van der Waals surface area contributed by atoms with Crippen molar-refractivity contribution in [3.63, 3.8) is 0 Å². The highest BCUT2D eigenvalue weighted by molar-refractivity contribution is 7.91. The highest BCUT2D eigenvalue weighted by Crippen LogP contribution is 2.00. The molecule has 0 fully saturated rings. The zero-order valence-electron chi connectivity index (χ0n) is 8.67. The summed E-state index contributed by atoms with van der Waals surface area (Å²) in [6, 6.07) is 0. The Bertz CT molecular complexity index is 214. The Labute approximate surface area is 91.7 Å². The molecule has 0 rings (SSSR count). The van der Waals surface area contributed by atoms with Gasteiger partial charge >= 0.3 is 0 Å². The SMILES string of the molecule is CCCCCS(=O)(=O)CCOCCCl. The number of sulfone groups is 1. The molecule has 3 nitrogen and oxygen atoms in total. The number of hydrogen-bond acceptors (Lipinski definition) is 3. The van der Waals surface area contributed by atoms with Gasteiger partial charge in [-0.05, 0) is 6.42 Å². The number of halogens is 1. The van der Waals surface area contributed by atoms with Crippen molar-refractivity contribution >= 4 is 21.4 Å². The monoisotopic (exact) mass is 242 g/mol. The maximum Gasteiger partial charge on any atom is 0.152 e. The quantitative estimate of drug-likeness (QED) is 0.458. The van der Waals surface area contributed by atoms with Crippen LogP contribution in [0.5, 0.6) is 0 Å². The average Bonchev–Trinajstić information content (AvgIpc) is 2.13. The van der Waals surface area contributed by atoms with Gasteiger partial charge in [-0.2, -0.15) is 0 Å². The molecule has 0 saturated heterocycles. The second-order valence-electron chi connectivity index (χ2n) is 3.16. The van der Waals surface area contributed by atoms with Crippen molar-refractivity contribution in [1.29, 1.82) is 0 Å². The summed E-state index contributed by atoms with van der Waals surface area (Å²) in [7, 11) is -2.90. The molecule has 0 heterocycles. The van der Waals surface area contributed by atoms with E-state index in [1.54, 1.807) is 0 Å². The molecular weight excluding hydrogens is 224 g/mol. The van der Waals surface area contributed by atoms with Crippen molar-refractivity contribution in [2.75, 3.05) is 30.6 Å². The van der Waals surface area contributed by atoms with Gasteiger partial charge in [0.2, 0.25) is 0 Å². The molecule has 0 aliphatic rings. The maximum absolute atomic E-state index is 11.4. The number of alkyl halides is 1. The minimum atomic E-state index is -2.90. The van der Waals surface area contributed by atoms with Gasteiger partial charge in [0.25, 0.3) is 0 Å². The lowest BCUT2D eigenvalue weighted by Crippen LogP contribution is -2.16. The Kier molecular flexibility index (Phi) is 8.63. The number of hydrogen-bond donors (Lipinski definition) is 0. The lowest BCUT2D eigenvalue weighted by Gasteiger charge is -2.04. The largest absolute Gasteiger partial charge is 0.379 e. The van der Waals surface area contributed by atoms with Gasteiger partial charge in [0.05, 0.1) is 24.7 Å². The molecule has 0 aliphatic carbocycles. The molecule has 86 valence electrons. The minimum absolute atomic E-state index is 0.119. The summed E-state index contributed by atoms with van der Waals surface area (Å²) < 4.78 is 27.7. The van der Waals surface area contributed by atoms with E-state index in [1.807, 2.05) is 0 Å². The first-order chi connectivity index (χ1) is 6.62. The minimum Gasteiger partial charge on any atom is -0.379 e. The summed E-state index contributed by atoms with van der Waals surface area (Å²) >= 11 is 5.38. The molecule has 0 aromatic rings. The fourth-order valence-corrected chi connectivity index (χ4v) is 2.35. The van der Waals surface area contributed by atoms with E-state index in [9.17, 15) is 8.42 Å². The molecule has 0 atom stereocenters. The van der Waals surface area contributed by atoms with Crippen molar-refractivity contribution in [2.24, 2.45) is 0 Å². The van der Waals surface area contributed by atoms with Gasteiger partial charge in [0, 0.05) is 5.88 Å². The average molecular weight is 243 g/mol. The molecule has 5 heteroatoms. The Balaban J connectivity index is 3.52. The lowest BCUT2D eigenvalue weighted by molar-refractivity contribution is 0.165. The third-order valence-corrected chi connectivity index (χ3v) is 3.67. The van der Waals surface area contributed by atoms with Crippen molar-refractivity contribution in [3.8, 4) is 0 Å². The molecule has 0 amide bonds. The van der Waals surface area contributed by atoms with Crippen LogP contribution in [0, 0.1) is 0 Å². The third-order valence-electron chi connectivity index (χ3n) is 1.82. The first-order valence-electron chi connectivity index (χ1n) is 4.96. The van der Waals surface area contributed by atoms with Crippen molar-refractivity contribution in [1.82, 2.24) is 0 Å². The van der Waals surface area contributed by atoms with Crippen LogP contribution in [0.15, 0.2) is 0 Å². The molecule has 0 radical (unpaired) electrons. The van der Waals surface area contributed by atoms with E-state index < -0.39 is 9.84 Å². The first kappa shape index (κ1) is 14.2. The van der Waals surface area contributed by atoms with Gasteiger partial charge in [-0.1, -0.05) is 19.8 Å². The molecular formula is C9H19ClO3S. The van der Waals surface area contributed by atoms with Crippen LogP contribution in [0.4, 0.5) is 0 Å². The van der Waals surface area contributed by atoms with E-state index in [1.165, 1.54) is 0 Å². The lowest BCUT2D eigenvalue weighted by atomic mass is 10.3. The highest BCUT2D eigenvalue weighted by Gasteiger charge is 2.09. The summed E-state index contributed by atoms with van der Waals surface area (Å²) in [6.45, 7) is 2.74. The topological polar surface area (TPSA) is 43.4 Å². The van der Waals surface area contributed by atoms with Crippen molar-refractivity contribution in [2.45, 2.75) is 26.2 Å². The first-order valence-corrected chi connectivity index (χ1v) is 7.32. The summed E-state index contributed by atoms with van der Waals surface area (Å²) in [5.74, 6) is 0.814. The van der Waals surface area contributed by atoms with E-state index in [0.717, 1.165) is 19.3 Å². The molecule has 0 unspecified atom stereocenters. The Morgan fingerprint density at radius 3 is 2.43 bits per heavy atom. The molecule has 0 saturated carbocycles. The predicted octanol–water partition coefficient (Wildman–Crippen LogP) is 1.85. The van der Waals surface area contributed by atoms with Gasteiger partial charge in [-0.15, -0.1) is 11.6 Å². The van der Waals surface area contributed by atoms with E-state index in [2.05, 4.69) is 6.92 Å². The maximum atomic E-state index is 11.4. The van der Waals surface area contributed by atoms with Gasteiger partial charge < -0.3 is 4.74 Å². The van der Waals surface area contributed by atoms with Gasteiger partial charge in [-0.25, -0.2) is 8.42 Å². The summed E-state index contributed by atoms with van der Waals surface area (Å²) in [5, 5.41) is 0. The molecule has 0 aromatic carbocycles. The molecule has 14 heavy (non-hydrogen) atoms. The number of unbranched alkanes of at least 4 members (excludes halogenated alkanes) is 2. The van der Waals surface area contributed by atoms with Gasteiger partial charge in [0.15, 0.2) is 9.84 Å². The Morgan fingerprint density at radius 2 is 1.86 bits per heavy atom. The van der Waals surface area contributed by atoms with Crippen LogP contribution in [0.2, 0.25) is 0 Å². The van der Waals surface area contributed by atoms with Crippen LogP contribution in [0.3, 0.4) is 0 Å². The molecule has 0 bridgehead atoms. The van der Waals surface area contributed by atoms with Crippen LogP contribution in [-0.4, -0.2) is 39.0 Å². The van der Waals surface area contributed by atoms with Gasteiger partial charge in [-0.3, -0.25) is 0 Å². The van der Waals surface area contributed by atoms with Crippen LogP contribution < -0.4 is 0 Å². The molecule has 0 aliphatic heterocycles. The standard InChI is InChI=1S/C9H19ClO3S/c1-2-3-4-8-14(11,12)9-7-13-6-5-10/h2-9H2,1H3.